The van der Waals surface area contributed by atoms with E-state index in [-0.39, 0.29) is 11.5 Å². The molecule has 0 saturated heterocycles. The summed E-state index contributed by atoms with van der Waals surface area (Å²) in [6.45, 7) is 3.76. The van der Waals surface area contributed by atoms with E-state index in [9.17, 15) is 13.2 Å². The van der Waals surface area contributed by atoms with Gasteiger partial charge in [-0.25, -0.2) is 9.97 Å². The first-order chi connectivity index (χ1) is 7.68. The molecule has 1 aromatic heterocycles. The Hall–Kier alpha value is -0.850. The van der Waals surface area contributed by atoms with Crippen LogP contribution in [0.4, 0.5) is 19.1 Å². The van der Waals surface area contributed by atoms with Gasteiger partial charge < -0.3 is 4.90 Å². The smallest absolute Gasteiger partial charge is 0.338 e. The van der Waals surface area contributed by atoms with Gasteiger partial charge in [-0.3, -0.25) is 0 Å². The van der Waals surface area contributed by atoms with E-state index in [1.807, 2.05) is 13.8 Å². The van der Waals surface area contributed by atoms with E-state index in [0.29, 0.717) is 5.33 Å². The van der Waals surface area contributed by atoms with Crippen molar-refractivity contribution in [1.29, 1.82) is 0 Å². The van der Waals surface area contributed by atoms with Gasteiger partial charge in [0.2, 0.25) is 5.95 Å². The Bertz CT molecular complexity index is 393. The molecule has 0 amide bonds. The molecular formula is C10H13BrF3N3. The van der Waals surface area contributed by atoms with E-state index in [2.05, 4.69) is 25.9 Å². The molecule has 17 heavy (non-hydrogen) atoms. The van der Waals surface area contributed by atoms with Gasteiger partial charge in [0, 0.05) is 24.1 Å². The maximum Gasteiger partial charge on any atom is 0.433 e. The van der Waals surface area contributed by atoms with Gasteiger partial charge in [0.05, 0.1) is 0 Å². The van der Waals surface area contributed by atoms with Crippen LogP contribution >= 0.6 is 15.9 Å². The summed E-state index contributed by atoms with van der Waals surface area (Å²) in [4.78, 5) is 9.00. The first-order valence-electron chi connectivity index (χ1n) is 4.88. The van der Waals surface area contributed by atoms with Gasteiger partial charge in [0.25, 0.3) is 0 Å². The molecule has 0 radical (unpaired) electrons. The van der Waals surface area contributed by atoms with Gasteiger partial charge in [-0.1, -0.05) is 15.9 Å². The second-order valence-corrected chi connectivity index (χ2v) is 4.81. The maximum absolute atomic E-state index is 12.5. The Morgan fingerprint density at radius 3 is 2.41 bits per heavy atom. The molecule has 96 valence electrons. The lowest BCUT2D eigenvalue weighted by molar-refractivity contribution is -0.141. The summed E-state index contributed by atoms with van der Waals surface area (Å²) in [5.74, 6) is 0.0595. The summed E-state index contributed by atoms with van der Waals surface area (Å²) in [5, 5.41) is 0.593. The van der Waals surface area contributed by atoms with E-state index >= 15 is 0 Å². The third kappa shape index (κ3) is 3.31. The van der Waals surface area contributed by atoms with E-state index in [4.69, 9.17) is 0 Å². The van der Waals surface area contributed by atoms with Crippen LogP contribution in [0.3, 0.4) is 0 Å². The van der Waals surface area contributed by atoms with Crippen molar-refractivity contribution in [2.45, 2.75) is 25.6 Å². The van der Waals surface area contributed by atoms with E-state index < -0.39 is 11.9 Å². The Morgan fingerprint density at radius 1 is 1.35 bits per heavy atom. The molecule has 3 nitrogen and oxygen atoms in total. The third-order valence-electron chi connectivity index (χ3n) is 2.47. The Kier molecular flexibility index (Phi) is 4.01. The molecule has 0 aliphatic heterocycles. The van der Waals surface area contributed by atoms with Crippen molar-refractivity contribution in [2.75, 3.05) is 17.3 Å². The van der Waals surface area contributed by atoms with Crippen LogP contribution in [0.15, 0.2) is 12.3 Å². The predicted molar refractivity (Wildman–Crippen MR) is 63.3 cm³/mol. The Balaban J connectivity index is 3.08. The summed E-state index contributed by atoms with van der Waals surface area (Å²) < 4.78 is 37.5. The number of alkyl halides is 4. The Morgan fingerprint density at radius 2 is 1.94 bits per heavy atom. The summed E-state index contributed by atoms with van der Waals surface area (Å²) in [7, 11) is 1.66. The molecule has 0 fully saturated rings. The molecular weight excluding hydrogens is 299 g/mol. The van der Waals surface area contributed by atoms with E-state index in [1.54, 1.807) is 11.9 Å². The average Bonchev–Trinajstić information content (AvgIpc) is 2.27. The van der Waals surface area contributed by atoms with Crippen LogP contribution in [-0.4, -0.2) is 27.9 Å². The monoisotopic (exact) mass is 311 g/mol. The highest BCUT2D eigenvalue weighted by atomic mass is 79.9. The standard InChI is InChI=1S/C10H13BrF3N3/c1-9(2,6-11)17(3)8-15-5-4-7(16-8)10(12,13)14/h4-5H,6H2,1-3H3. The van der Waals surface area contributed by atoms with E-state index in [0.717, 1.165) is 12.3 Å². The normalized spacial score (nSPS) is 12.6. The summed E-state index contributed by atoms with van der Waals surface area (Å²) >= 11 is 3.31. The zero-order valence-corrected chi connectivity index (χ0v) is 11.3. The van der Waals surface area contributed by atoms with Crippen LogP contribution < -0.4 is 4.90 Å². The summed E-state index contributed by atoms with van der Waals surface area (Å²) in [6.07, 6.45) is -3.33. The fourth-order valence-electron chi connectivity index (χ4n) is 1.03. The van der Waals surface area contributed by atoms with Gasteiger partial charge in [-0.15, -0.1) is 0 Å². The first kappa shape index (κ1) is 14.2. The predicted octanol–water partition coefficient (Wildman–Crippen LogP) is 3.11. The molecule has 0 aliphatic carbocycles. The lowest BCUT2D eigenvalue weighted by atomic mass is 10.1. The number of nitrogens with zero attached hydrogens (tertiary/aromatic N) is 3. The SMILES string of the molecule is CN(c1nccc(C(F)(F)F)n1)C(C)(C)CBr. The van der Waals surface area contributed by atoms with Crippen LogP contribution in [0, 0.1) is 0 Å². The minimum Gasteiger partial charge on any atom is -0.338 e. The second kappa shape index (κ2) is 4.80. The van der Waals surface area contributed by atoms with Crippen LogP contribution in [-0.2, 0) is 6.18 Å². The third-order valence-corrected chi connectivity index (χ3v) is 3.84. The fourth-order valence-corrected chi connectivity index (χ4v) is 1.40. The number of aromatic nitrogens is 2. The molecule has 1 aromatic rings. The van der Waals surface area contributed by atoms with Crippen molar-refractivity contribution in [3.63, 3.8) is 0 Å². The quantitative estimate of drug-likeness (QED) is 0.803. The summed E-state index contributed by atoms with van der Waals surface area (Å²) in [6, 6.07) is 0.860. The lowest BCUT2D eigenvalue weighted by Crippen LogP contribution is -2.43. The average molecular weight is 312 g/mol. The second-order valence-electron chi connectivity index (χ2n) is 4.24. The highest BCUT2D eigenvalue weighted by molar-refractivity contribution is 9.09. The zero-order valence-electron chi connectivity index (χ0n) is 9.72. The van der Waals surface area contributed by atoms with Crippen molar-refractivity contribution in [1.82, 2.24) is 9.97 Å². The number of rotatable bonds is 3. The molecule has 0 aromatic carbocycles. The van der Waals surface area contributed by atoms with Crippen molar-refractivity contribution >= 4 is 21.9 Å². The molecule has 7 heteroatoms. The number of hydrogen-bond acceptors (Lipinski definition) is 3. The molecule has 0 spiro atoms. The van der Waals surface area contributed by atoms with Crippen molar-refractivity contribution in [3.8, 4) is 0 Å². The first-order valence-corrected chi connectivity index (χ1v) is 6.00. The number of anilines is 1. The van der Waals surface area contributed by atoms with E-state index in [1.165, 1.54) is 0 Å². The molecule has 0 atom stereocenters. The Labute approximate surface area is 106 Å². The minimum absolute atomic E-state index is 0.0595. The minimum atomic E-state index is -4.45. The number of hydrogen-bond donors (Lipinski definition) is 0. The molecule has 1 rings (SSSR count). The summed E-state index contributed by atoms with van der Waals surface area (Å²) in [5.41, 5.74) is -1.30. The molecule has 0 saturated carbocycles. The molecule has 0 aliphatic rings. The molecule has 0 unspecified atom stereocenters. The highest BCUT2D eigenvalue weighted by Crippen LogP contribution is 2.29. The zero-order chi connectivity index (χ0) is 13.3. The van der Waals surface area contributed by atoms with Gasteiger partial charge in [-0.2, -0.15) is 13.2 Å². The van der Waals surface area contributed by atoms with Gasteiger partial charge in [0.1, 0.15) is 5.69 Å². The van der Waals surface area contributed by atoms with Crippen LogP contribution in [0.25, 0.3) is 0 Å². The van der Waals surface area contributed by atoms with Gasteiger partial charge in [-0.05, 0) is 19.9 Å². The largest absolute Gasteiger partial charge is 0.433 e. The lowest BCUT2D eigenvalue weighted by Gasteiger charge is -2.34. The van der Waals surface area contributed by atoms with Gasteiger partial charge in [0.15, 0.2) is 0 Å². The maximum atomic E-state index is 12.5. The van der Waals surface area contributed by atoms with Crippen molar-refractivity contribution < 1.29 is 13.2 Å². The van der Waals surface area contributed by atoms with Crippen molar-refractivity contribution in [2.24, 2.45) is 0 Å². The molecule has 1 heterocycles. The number of halogens is 4. The fraction of sp³-hybridized carbons (Fsp3) is 0.600. The molecule has 0 N–H and O–H groups in total. The van der Waals surface area contributed by atoms with Crippen LogP contribution in [0.1, 0.15) is 19.5 Å². The topological polar surface area (TPSA) is 29.0 Å². The van der Waals surface area contributed by atoms with Crippen LogP contribution in [0.2, 0.25) is 0 Å². The molecule has 0 bridgehead atoms. The van der Waals surface area contributed by atoms with Crippen molar-refractivity contribution in [3.05, 3.63) is 18.0 Å². The van der Waals surface area contributed by atoms with Gasteiger partial charge >= 0.3 is 6.18 Å². The van der Waals surface area contributed by atoms with Crippen LogP contribution in [0.5, 0.6) is 0 Å². The highest BCUT2D eigenvalue weighted by Gasteiger charge is 2.34.